The molecule has 3 nitrogen and oxygen atoms in total. The Labute approximate surface area is 106 Å². The zero-order chi connectivity index (χ0) is 12.6. The van der Waals surface area contributed by atoms with Crippen LogP contribution in [0.3, 0.4) is 0 Å². The van der Waals surface area contributed by atoms with E-state index in [1.165, 1.54) is 0 Å². The molecule has 3 rings (SSSR count). The molecule has 0 bridgehead atoms. The SMILES string of the molecule is NC1=C2NC=CC=C2C=CC1(N)c1ccccc1. The fraction of sp³-hybridized carbons (Fsp3) is 0.0667. The van der Waals surface area contributed by atoms with Crippen molar-refractivity contribution in [3.05, 3.63) is 83.4 Å². The van der Waals surface area contributed by atoms with Gasteiger partial charge < -0.3 is 16.8 Å². The second-order valence-electron chi connectivity index (χ2n) is 4.48. The summed E-state index contributed by atoms with van der Waals surface area (Å²) in [4.78, 5) is 0. The van der Waals surface area contributed by atoms with Crippen LogP contribution in [-0.4, -0.2) is 0 Å². The molecule has 18 heavy (non-hydrogen) atoms. The van der Waals surface area contributed by atoms with Crippen LogP contribution in [0.1, 0.15) is 5.56 Å². The third kappa shape index (κ3) is 1.49. The molecule has 1 unspecified atom stereocenters. The Morgan fingerprint density at radius 1 is 1.11 bits per heavy atom. The van der Waals surface area contributed by atoms with Crippen LogP contribution in [0.4, 0.5) is 0 Å². The molecule has 0 saturated heterocycles. The van der Waals surface area contributed by atoms with Crippen LogP contribution >= 0.6 is 0 Å². The minimum absolute atomic E-state index is 0.645. The highest BCUT2D eigenvalue weighted by molar-refractivity contribution is 5.56. The van der Waals surface area contributed by atoms with Crippen molar-refractivity contribution >= 4 is 0 Å². The van der Waals surface area contributed by atoms with Gasteiger partial charge in [-0.3, -0.25) is 0 Å². The van der Waals surface area contributed by atoms with Gasteiger partial charge in [0, 0.05) is 6.20 Å². The molecule has 1 aromatic rings. The number of nitrogens with two attached hydrogens (primary N) is 2. The van der Waals surface area contributed by atoms with E-state index in [0.717, 1.165) is 16.8 Å². The summed E-state index contributed by atoms with van der Waals surface area (Å²) in [6.07, 6.45) is 9.78. The van der Waals surface area contributed by atoms with E-state index in [0.29, 0.717) is 5.70 Å². The van der Waals surface area contributed by atoms with Crippen molar-refractivity contribution in [3.8, 4) is 0 Å². The van der Waals surface area contributed by atoms with Crippen molar-refractivity contribution in [1.29, 1.82) is 0 Å². The largest absolute Gasteiger partial charge is 0.398 e. The standard InChI is InChI=1S/C15H15N3/c16-14-13-11(5-4-10-18-13)8-9-15(14,17)12-6-2-1-3-7-12/h1-10,18H,16-17H2. The zero-order valence-electron chi connectivity index (χ0n) is 9.93. The smallest absolute Gasteiger partial charge is 0.102 e. The van der Waals surface area contributed by atoms with E-state index >= 15 is 0 Å². The predicted molar refractivity (Wildman–Crippen MR) is 73.0 cm³/mol. The van der Waals surface area contributed by atoms with Crippen LogP contribution in [0, 0.1) is 0 Å². The van der Waals surface area contributed by atoms with Crippen LogP contribution in [0.5, 0.6) is 0 Å². The maximum Gasteiger partial charge on any atom is 0.102 e. The number of dihydropyridines is 1. The van der Waals surface area contributed by atoms with Crippen LogP contribution in [0.15, 0.2) is 77.8 Å². The van der Waals surface area contributed by atoms with Gasteiger partial charge in [0.1, 0.15) is 5.54 Å². The predicted octanol–water partition coefficient (Wildman–Crippen LogP) is 1.62. The van der Waals surface area contributed by atoms with E-state index in [1.807, 2.05) is 60.8 Å². The molecule has 1 aliphatic carbocycles. The van der Waals surface area contributed by atoms with Crippen molar-refractivity contribution in [2.45, 2.75) is 5.54 Å². The van der Waals surface area contributed by atoms with Crippen LogP contribution in [0.25, 0.3) is 0 Å². The average molecular weight is 237 g/mol. The molecule has 0 radical (unpaired) electrons. The van der Waals surface area contributed by atoms with Gasteiger partial charge in [0.2, 0.25) is 0 Å². The van der Waals surface area contributed by atoms with Crippen LogP contribution in [0.2, 0.25) is 0 Å². The molecule has 1 heterocycles. The number of nitrogens with one attached hydrogen (secondary N) is 1. The van der Waals surface area contributed by atoms with Crippen molar-refractivity contribution in [1.82, 2.24) is 5.32 Å². The van der Waals surface area contributed by atoms with E-state index < -0.39 is 5.54 Å². The molecule has 1 aliphatic heterocycles. The van der Waals surface area contributed by atoms with E-state index in [9.17, 15) is 0 Å². The molecule has 0 saturated carbocycles. The lowest BCUT2D eigenvalue weighted by Crippen LogP contribution is -2.44. The molecule has 0 amide bonds. The van der Waals surface area contributed by atoms with Crippen LogP contribution < -0.4 is 16.8 Å². The lowest BCUT2D eigenvalue weighted by Gasteiger charge is -2.33. The van der Waals surface area contributed by atoms with E-state index in [-0.39, 0.29) is 0 Å². The summed E-state index contributed by atoms with van der Waals surface area (Å²) in [7, 11) is 0. The Morgan fingerprint density at radius 3 is 2.67 bits per heavy atom. The molecule has 90 valence electrons. The third-order valence-electron chi connectivity index (χ3n) is 3.38. The first-order valence-electron chi connectivity index (χ1n) is 5.89. The summed E-state index contributed by atoms with van der Waals surface area (Å²) in [5.74, 6) is 0. The van der Waals surface area contributed by atoms with Gasteiger partial charge in [-0.25, -0.2) is 0 Å². The molecular weight excluding hydrogens is 222 g/mol. The van der Waals surface area contributed by atoms with Crippen LogP contribution in [-0.2, 0) is 5.54 Å². The maximum absolute atomic E-state index is 6.47. The number of rotatable bonds is 1. The fourth-order valence-corrected chi connectivity index (χ4v) is 2.31. The lowest BCUT2D eigenvalue weighted by molar-refractivity contribution is 0.631. The van der Waals surface area contributed by atoms with E-state index in [4.69, 9.17) is 11.5 Å². The van der Waals surface area contributed by atoms with Gasteiger partial charge in [0.05, 0.1) is 11.4 Å². The van der Waals surface area contributed by atoms with E-state index in [2.05, 4.69) is 5.32 Å². The van der Waals surface area contributed by atoms with Gasteiger partial charge in [-0.15, -0.1) is 0 Å². The zero-order valence-corrected chi connectivity index (χ0v) is 9.93. The molecule has 1 atom stereocenters. The fourth-order valence-electron chi connectivity index (χ4n) is 2.31. The lowest BCUT2D eigenvalue weighted by atomic mass is 9.81. The summed E-state index contributed by atoms with van der Waals surface area (Å²) < 4.78 is 0. The molecule has 1 aromatic carbocycles. The number of allylic oxidation sites excluding steroid dienone is 3. The molecule has 2 aliphatic rings. The molecule has 5 N–H and O–H groups in total. The highest BCUT2D eigenvalue weighted by atomic mass is 14.9. The van der Waals surface area contributed by atoms with Gasteiger partial charge in [-0.1, -0.05) is 48.6 Å². The first-order chi connectivity index (χ1) is 8.72. The van der Waals surface area contributed by atoms with Gasteiger partial charge in [0.25, 0.3) is 0 Å². The maximum atomic E-state index is 6.47. The normalized spacial score (nSPS) is 25.5. The average Bonchev–Trinajstić information content (AvgIpc) is 2.44. The quantitative estimate of drug-likeness (QED) is 0.695. The summed E-state index contributed by atoms with van der Waals surface area (Å²) >= 11 is 0. The topological polar surface area (TPSA) is 64.1 Å². The first kappa shape index (κ1) is 10.9. The van der Waals surface area contributed by atoms with Crippen molar-refractivity contribution < 1.29 is 0 Å². The number of hydrogen-bond acceptors (Lipinski definition) is 3. The third-order valence-corrected chi connectivity index (χ3v) is 3.38. The number of benzene rings is 1. The summed E-state index contributed by atoms with van der Waals surface area (Å²) in [6.45, 7) is 0. The molecular formula is C15H15N3. The van der Waals surface area contributed by atoms with Crippen molar-refractivity contribution in [3.63, 3.8) is 0 Å². The van der Waals surface area contributed by atoms with Gasteiger partial charge in [-0.2, -0.15) is 0 Å². The minimum Gasteiger partial charge on any atom is -0.398 e. The second-order valence-corrected chi connectivity index (χ2v) is 4.48. The Bertz CT molecular complexity index is 593. The number of fused-ring (bicyclic) bond motifs is 1. The Hall–Kier alpha value is -2.26. The van der Waals surface area contributed by atoms with Gasteiger partial charge >= 0.3 is 0 Å². The highest BCUT2D eigenvalue weighted by Gasteiger charge is 2.33. The van der Waals surface area contributed by atoms with Crippen molar-refractivity contribution in [2.75, 3.05) is 0 Å². The minimum atomic E-state index is -0.744. The second kappa shape index (κ2) is 3.89. The Morgan fingerprint density at radius 2 is 1.89 bits per heavy atom. The number of hydrogen-bond donors (Lipinski definition) is 3. The van der Waals surface area contributed by atoms with Gasteiger partial charge in [-0.05, 0) is 17.2 Å². The molecule has 3 heteroatoms. The summed E-state index contributed by atoms with van der Waals surface area (Å²) in [6, 6.07) is 9.89. The Kier molecular flexibility index (Phi) is 2.35. The van der Waals surface area contributed by atoms with Crippen molar-refractivity contribution in [2.24, 2.45) is 11.5 Å². The molecule has 0 fully saturated rings. The first-order valence-corrected chi connectivity index (χ1v) is 5.89. The summed E-state index contributed by atoms with van der Waals surface area (Å²) in [5, 5.41) is 3.17. The van der Waals surface area contributed by atoms with E-state index in [1.54, 1.807) is 0 Å². The highest BCUT2D eigenvalue weighted by Crippen LogP contribution is 2.34. The molecule has 0 aromatic heterocycles. The monoisotopic (exact) mass is 237 g/mol. The summed E-state index contributed by atoms with van der Waals surface area (Å²) in [5.41, 5.74) is 15.6. The Balaban J connectivity index is 2.13. The molecule has 0 spiro atoms. The van der Waals surface area contributed by atoms with Gasteiger partial charge in [0.15, 0.2) is 0 Å².